The SMILES string of the molecule is O=C(Nc1ccc(Br)cc1-c1noc(=O)[nH]1)c1noc2cc(OS(=O)(=O)Cc3ccccc3)ccc12. The largest absolute Gasteiger partial charge is 0.439 e. The molecule has 0 aliphatic carbocycles. The summed E-state index contributed by atoms with van der Waals surface area (Å²) >= 11 is 3.34. The molecule has 0 spiro atoms. The van der Waals surface area contributed by atoms with Crippen LogP contribution < -0.4 is 15.3 Å². The summed E-state index contributed by atoms with van der Waals surface area (Å²) in [6, 6.07) is 17.8. The van der Waals surface area contributed by atoms with Gasteiger partial charge in [-0.1, -0.05) is 56.6 Å². The number of H-pyrrole nitrogens is 1. The van der Waals surface area contributed by atoms with E-state index in [4.69, 9.17) is 8.71 Å². The second-order valence-corrected chi connectivity index (χ2v) is 10.0. The molecule has 0 aliphatic heterocycles. The molecule has 2 N–H and O–H groups in total. The molecule has 2 heterocycles. The average Bonchev–Trinajstić information content (AvgIpc) is 3.46. The van der Waals surface area contributed by atoms with Crippen LogP contribution in [0.1, 0.15) is 16.1 Å². The van der Waals surface area contributed by atoms with Crippen LogP contribution in [0, 0.1) is 0 Å². The zero-order valence-electron chi connectivity index (χ0n) is 18.1. The number of hydrogen-bond acceptors (Lipinski definition) is 9. The molecule has 36 heavy (non-hydrogen) atoms. The van der Waals surface area contributed by atoms with Crippen LogP contribution in [0.2, 0.25) is 0 Å². The van der Waals surface area contributed by atoms with Gasteiger partial charge < -0.3 is 14.0 Å². The van der Waals surface area contributed by atoms with E-state index in [1.807, 2.05) is 0 Å². The zero-order valence-corrected chi connectivity index (χ0v) is 20.5. The fourth-order valence-corrected chi connectivity index (χ4v) is 4.85. The van der Waals surface area contributed by atoms with Crippen LogP contribution in [0.15, 0.2) is 85.0 Å². The van der Waals surface area contributed by atoms with Gasteiger partial charge in [0.15, 0.2) is 17.1 Å². The van der Waals surface area contributed by atoms with Gasteiger partial charge in [0.25, 0.3) is 5.91 Å². The highest BCUT2D eigenvalue weighted by atomic mass is 79.9. The van der Waals surface area contributed by atoms with E-state index >= 15 is 0 Å². The normalized spacial score (nSPS) is 11.5. The molecule has 11 nitrogen and oxygen atoms in total. The first kappa shape index (κ1) is 23.5. The van der Waals surface area contributed by atoms with E-state index in [0.29, 0.717) is 26.7 Å². The summed E-state index contributed by atoms with van der Waals surface area (Å²) in [6.07, 6.45) is 0. The van der Waals surface area contributed by atoms with Gasteiger partial charge in [-0.25, -0.2) is 4.79 Å². The molecule has 1 amide bonds. The van der Waals surface area contributed by atoms with E-state index in [1.165, 1.54) is 18.2 Å². The Hall–Kier alpha value is -4.23. The molecule has 0 saturated heterocycles. The van der Waals surface area contributed by atoms with Crippen molar-refractivity contribution < 1.29 is 26.4 Å². The highest BCUT2D eigenvalue weighted by Gasteiger charge is 2.21. The van der Waals surface area contributed by atoms with Gasteiger partial charge in [-0.2, -0.15) is 8.42 Å². The van der Waals surface area contributed by atoms with Crippen LogP contribution in [0.25, 0.3) is 22.4 Å². The van der Waals surface area contributed by atoms with E-state index in [-0.39, 0.29) is 28.6 Å². The highest BCUT2D eigenvalue weighted by molar-refractivity contribution is 9.10. The predicted octanol–water partition coefficient (Wildman–Crippen LogP) is 4.09. The molecule has 2 aromatic heterocycles. The molecule has 0 unspecified atom stereocenters. The third-order valence-corrected chi connectivity index (χ3v) is 6.62. The predicted molar refractivity (Wildman–Crippen MR) is 132 cm³/mol. The van der Waals surface area contributed by atoms with Crippen LogP contribution in [0.4, 0.5) is 5.69 Å². The molecule has 13 heteroatoms. The highest BCUT2D eigenvalue weighted by Crippen LogP contribution is 2.30. The molecule has 0 radical (unpaired) electrons. The molecule has 0 bridgehead atoms. The summed E-state index contributed by atoms with van der Waals surface area (Å²) in [4.78, 5) is 26.8. The molecule has 0 fully saturated rings. The van der Waals surface area contributed by atoms with Gasteiger partial charge in [0.2, 0.25) is 0 Å². The number of nitrogens with one attached hydrogen (secondary N) is 2. The fourth-order valence-electron chi connectivity index (χ4n) is 3.44. The Morgan fingerprint density at radius 2 is 1.83 bits per heavy atom. The van der Waals surface area contributed by atoms with Crippen molar-refractivity contribution in [3.8, 4) is 17.1 Å². The summed E-state index contributed by atoms with van der Waals surface area (Å²) < 4.78 is 40.5. The number of anilines is 1. The van der Waals surface area contributed by atoms with Crippen molar-refractivity contribution >= 4 is 48.6 Å². The van der Waals surface area contributed by atoms with Crippen molar-refractivity contribution in [3.63, 3.8) is 0 Å². The van der Waals surface area contributed by atoms with Gasteiger partial charge in [0.1, 0.15) is 11.5 Å². The third-order valence-electron chi connectivity index (χ3n) is 4.99. The quantitative estimate of drug-likeness (QED) is 0.275. The summed E-state index contributed by atoms with van der Waals surface area (Å²) in [5, 5.41) is 10.5. The number of hydrogen-bond donors (Lipinski definition) is 2. The lowest BCUT2D eigenvalue weighted by atomic mass is 10.1. The molecular weight excluding hydrogens is 556 g/mol. The first-order valence-corrected chi connectivity index (χ1v) is 12.7. The molecular formula is C23H15BrN4O7S. The number of carbonyl (C=O) groups is 1. The van der Waals surface area contributed by atoms with Crippen molar-refractivity contribution in [2.75, 3.05) is 5.32 Å². The Kier molecular flexibility index (Phi) is 6.16. The first-order chi connectivity index (χ1) is 17.3. The van der Waals surface area contributed by atoms with Gasteiger partial charge in [-0.15, -0.1) is 0 Å². The Labute approximate surface area is 211 Å². The maximum Gasteiger partial charge on any atom is 0.439 e. The smallest absolute Gasteiger partial charge is 0.382 e. The molecule has 0 aliphatic rings. The maximum absolute atomic E-state index is 13.0. The van der Waals surface area contributed by atoms with Gasteiger partial charge in [-0.05, 0) is 35.9 Å². The molecule has 5 aromatic rings. The maximum atomic E-state index is 13.0. The number of halogens is 1. The van der Waals surface area contributed by atoms with Gasteiger partial charge in [0.05, 0.1) is 11.1 Å². The Morgan fingerprint density at radius 1 is 1.03 bits per heavy atom. The lowest BCUT2D eigenvalue weighted by Crippen LogP contribution is -2.14. The van der Waals surface area contributed by atoms with E-state index < -0.39 is 21.8 Å². The molecule has 182 valence electrons. The third kappa shape index (κ3) is 5.06. The van der Waals surface area contributed by atoms with Crippen molar-refractivity contribution in [2.45, 2.75) is 5.75 Å². The van der Waals surface area contributed by atoms with Crippen LogP contribution in [0.5, 0.6) is 5.75 Å². The zero-order chi connectivity index (χ0) is 25.3. The summed E-state index contributed by atoms with van der Waals surface area (Å²) in [5.41, 5.74) is 1.43. The van der Waals surface area contributed by atoms with E-state index in [9.17, 15) is 18.0 Å². The van der Waals surface area contributed by atoms with E-state index in [2.05, 4.69) is 41.1 Å². The lowest BCUT2D eigenvalue weighted by Gasteiger charge is -2.09. The van der Waals surface area contributed by atoms with E-state index in [1.54, 1.807) is 48.5 Å². The number of carbonyl (C=O) groups excluding carboxylic acids is 1. The van der Waals surface area contributed by atoms with Gasteiger partial charge in [-0.3, -0.25) is 14.3 Å². The number of amides is 1. The minimum absolute atomic E-state index is 0.0201. The van der Waals surface area contributed by atoms with Crippen LogP contribution >= 0.6 is 15.9 Å². The topological polar surface area (TPSA) is 157 Å². The average molecular weight is 571 g/mol. The van der Waals surface area contributed by atoms with Gasteiger partial charge in [0, 0.05) is 16.1 Å². The second-order valence-electron chi connectivity index (χ2n) is 7.55. The summed E-state index contributed by atoms with van der Waals surface area (Å²) in [6.45, 7) is 0. The standard InChI is InChI=1S/C23H15BrN4O7S/c24-14-6-9-18(17(10-14)21-26-23(30)34-28-21)25-22(29)20-16-8-7-15(11-19(16)33-27-20)35-36(31,32)12-13-4-2-1-3-5-13/h1-11H,12H2,(H,25,29)(H,26,28,30). The molecule has 0 atom stereocenters. The number of aromatic nitrogens is 3. The van der Waals surface area contributed by atoms with Crippen molar-refractivity contribution in [1.82, 2.24) is 15.3 Å². The fraction of sp³-hybridized carbons (Fsp3) is 0.0435. The number of benzene rings is 3. The summed E-state index contributed by atoms with van der Waals surface area (Å²) in [5.74, 6) is -1.50. The second kappa shape index (κ2) is 9.43. The summed E-state index contributed by atoms with van der Waals surface area (Å²) in [7, 11) is -3.92. The van der Waals surface area contributed by atoms with Crippen LogP contribution in [-0.4, -0.2) is 29.6 Å². The monoisotopic (exact) mass is 570 g/mol. The first-order valence-electron chi connectivity index (χ1n) is 10.3. The van der Waals surface area contributed by atoms with Crippen molar-refractivity contribution in [1.29, 1.82) is 0 Å². The molecule has 3 aromatic carbocycles. The van der Waals surface area contributed by atoms with Crippen LogP contribution in [-0.2, 0) is 15.9 Å². The van der Waals surface area contributed by atoms with E-state index in [0.717, 1.165) is 0 Å². The van der Waals surface area contributed by atoms with Crippen molar-refractivity contribution in [2.24, 2.45) is 0 Å². The molecule has 5 rings (SSSR count). The van der Waals surface area contributed by atoms with Gasteiger partial charge >= 0.3 is 15.9 Å². The number of rotatable bonds is 7. The number of aromatic amines is 1. The Bertz CT molecular complexity index is 1740. The van der Waals surface area contributed by atoms with Crippen LogP contribution in [0.3, 0.4) is 0 Å². The molecule has 0 saturated carbocycles. The Balaban J connectivity index is 1.38. The number of nitrogens with zero attached hydrogens (tertiary/aromatic N) is 2. The Morgan fingerprint density at radius 3 is 2.58 bits per heavy atom. The lowest BCUT2D eigenvalue weighted by molar-refractivity contribution is 0.102. The van der Waals surface area contributed by atoms with Crippen molar-refractivity contribution in [3.05, 3.63) is 93.0 Å². The minimum atomic E-state index is -3.92. The minimum Gasteiger partial charge on any atom is -0.382 e. The number of fused-ring (bicyclic) bond motifs is 1.